The average molecular weight is 348 g/mol. The van der Waals surface area contributed by atoms with Crippen LogP contribution in [0, 0.1) is 5.92 Å². The third kappa shape index (κ3) is 4.38. The van der Waals surface area contributed by atoms with Crippen molar-refractivity contribution in [3.63, 3.8) is 0 Å². The van der Waals surface area contributed by atoms with Gasteiger partial charge in [0.25, 0.3) is 5.91 Å². The molecule has 2 heterocycles. The van der Waals surface area contributed by atoms with Crippen LogP contribution in [-0.4, -0.2) is 50.3 Å². The number of hydrogen-bond acceptors (Lipinski definition) is 4. The maximum atomic E-state index is 12.7. The van der Waals surface area contributed by atoms with Crippen LogP contribution in [0.25, 0.3) is 0 Å². The van der Waals surface area contributed by atoms with Crippen LogP contribution < -0.4 is 10.5 Å². The number of hydrogen-bond donors (Lipinski definition) is 1. The van der Waals surface area contributed by atoms with E-state index in [0.717, 1.165) is 56.7 Å². The van der Waals surface area contributed by atoms with Crippen molar-refractivity contribution in [3.8, 4) is 5.75 Å². The Labute approximate surface area is 147 Å². The summed E-state index contributed by atoms with van der Waals surface area (Å²) in [6.07, 6.45) is 3.34. The number of benzene rings is 1. The van der Waals surface area contributed by atoms with Gasteiger partial charge in [0.15, 0.2) is 0 Å². The Kier molecular flexibility index (Phi) is 6.04. The molecule has 0 saturated carbocycles. The fourth-order valence-electron chi connectivity index (χ4n) is 3.33. The fourth-order valence-corrected chi connectivity index (χ4v) is 3.33. The predicted molar refractivity (Wildman–Crippen MR) is 93.3 cm³/mol. The van der Waals surface area contributed by atoms with Crippen LogP contribution in [0.3, 0.4) is 0 Å². The number of amides is 1. The van der Waals surface area contributed by atoms with E-state index in [1.807, 2.05) is 17.0 Å². The molecule has 0 aliphatic carbocycles. The largest absolute Gasteiger partial charge is 0.489 e. The van der Waals surface area contributed by atoms with Gasteiger partial charge in [-0.3, -0.25) is 4.79 Å². The number of carbonyl (C=O) groups is 1. The summed E-state index contributed by atoms with van der Waals surface area (Å²) in [7, 11) is 0. The molecule has 2 N–H and O–H groups in total. The van der Waals surface area contributed by atoms with E-state index in [1.165, 1.54) is 0 Å². The minimum Gasteiger partial charge on any atom is -0.489 e. The number of nitrogens with zero attached hydrogens (tertiary/aromatic N) is 1. The lowest BCUT2D eigenvalue weighted by molar-refractivity contribution is 0.0449. The normalized spacial score (nSPS) is 19.0. The van der Waals surface area contributed by atoms with Gasteiger partial charge in [-0.2, -0.15) is 0 Å². The summed E-state index contributed by atoms with van der Waals surface area (Å²) in [5.41, 5.74) is 7.55. The number of fused-ring (bicyclic) bond motifs is 1. The minimum atomic E-state index is 0.0885. The number of carbonyl (C=O) groups excluding carboxylic acids is 1. The molecule has 136 valence electrons. The first-order chi connectivity index (χ1) is 12.2. The molecule has 0 atom stereocenters. The SMILES string of the molecule is NC/C(=C/F)COc1ccc2c(c1)CCN(CC1CCOCC1)C2=O. The van der Waals surface area contributed by atoms with Crippen molar-refractivity contribution in [1.82, 2.24) is 4.90 Å². The van der Waals surface area contributed by atoms with Crippen LogP contribution in [0.5, 0.6) is 5.75 Å². The highest BCUT2D eigenvalue weighted by atomic mass is 19.1. The predicted octanol–water partition coefficient (Wildman–Crippen LogP) is 2.30. The Hall–Kier alpha value is -1.92. The Morgan fingerprint density at radius 1 is 1.40 bits per heavy atom. The minimum absolute atomic E-state index is 0.0885. The zero-order valence-corrected chi connectivity index (χ0v) is 14.4. The molecule has 0 unspecified atom stereocenters. The van der Waals surface area contributed by atoms with E-state index in [0.29, 0.717) is 23.6 Å². The van der Waals surface area contributed by atoms with Crippen molar-refractivity contribution in [1.29, 1.82) is 0 Å². The van der Waals surface area contributed by atoms with Gasteiger partial charge in [-0.05, 0) is 48.9 Å². The molecule has 1 aromatic rings. The van der Waals surface area contributed by atoms with Crippen LogP contribution in [0.15, 0.2) is 30.1 Å². The van der Waals surface area contributed by atoms with Crippen molar-refractivity contribution in [3.05, 3.63) is 41.2 Å². The highest BCUT2D eigenvalue weighted by molar-refractivity contribution is 5.97. The summed E-state index contributed by atoms with van der Waals surface area (Å²) in [5, 5.41) is 0. The Balaban J connectivity index is 1.63. The van der Waals surface area contributed by atoms with Crippen LogP contribution in [0.1, 0.15) is 28.8 Å². The molecule has 2 aliphatic heterocycles. The van der Waals surface area contributed by atoms with Gasteiger partial charge >= 0.3 is 0 Å². The van der Waals surface area contributed by atoms with Gasteiger partial charge in [-0.1, -0.05) is 0 Å². The van der Waals surface area contributed by atoms with Crippen molar-refractivity contribution in [2.24, 2.45) is 11.7 Å². The Bertz CT molecular complexity index is 642. The molecule has 0 bridgehead atoms. The molecule has 0 aromatic heterocycles. The van der Waals surface area contributed by atoms with E-state index in [2.05, 4.69) is 0 Å². The number of nitrogens with two attached hydrogens (primary N) is 1. The maximum Gasteiger partial charge on any atom is 0.254 e. The number of ether oxygens (including phenoxy) is 2. The summed E-state index contributed by atoms with van der Waals surface area (Å²) < 4.78 is 23.5. The molecule has 0 radical (unpaired) electrons. The number of halogens is 1. The van der Waals surface area contributed by atoms with Crippen LogP contribution in [-0.2, 0) is 11.2 Å². The molecule has 0 spiro atoms. The van der Waals surface area contributed by atoms with Gasteiger partial charge in [-0.25, -0.2) is 4.39 Å². The van der Waals surface area contributed by atoms with Gasteiger partial charge in [0.1, 0.15) is 12.4 Å². The molecule has 1 fully saturated rings. The second-order valence-electron chi connectivity index (χ2n) is 6.64. The molecular formula is C19H25FN2O3. The molecule has 1 saturated heterocycles. The Morgan fingerprint density at radius 3 is 2.92 bits per heavy atom. The zero-order valence-electron chi connectivity index (χ0n) is 14.4. The second kappa shape index (κ2) is 8.45. The molecule has 6 heteroatoms. The summed E-state index contributed by atoms with van der Waals surface area (Å²) in [4.78, 5) is 14.7. The first-order valence-corrected chi connectivity index (χ1v) is 8.82. The topological polar surface area (TPSA) is 64.8 Å². The van der Waals surface area contributed by atoms with E-state index >= 15 is 0 Å². The molecule has 1 aromatic carbocycles. The standard InChI is InChI=1S/C19H25FN2O3/c20-10-15(11-21)13-25-17-1-2-18-16(9-17)3-6-22(19(18)23)12-14-4-7-24-8-5-14/h1-2,9-10,14H,3-8,11-13,21H2/b15-10-. The van der Waals surface area contributed by atoms with E-state index < -0.39 is 0 Å². The molecule has 1 amide bonds. The smallest absolute Gasteiger partial charge is 0.254 e. The molecule has 3 rings (SSSR count). The third-order valence-corrected chi connectivity index (χ3v) is 4.91. The van der Waals surface area contributed by atoms with Gasteiger partial charge < -0.3 is 20.1 Å². The van der Waals surface area contributed by atoms with Crippen LogP contribution in [0.2, 0.25) is 0 Å². The molecule has 5 nitrogen and oxygen atoms in total. The van der Waals surface area contributed by atoms with E-state index in [4.69, 9.17) is 15.2 Å². The van der Waals surface area contributed by atoms with Crippen molar-refractivity contribution in [2.75, 3.05) is 39.5 Å². The number of rotatable bonds is 6. The zero-order chi connectivity index (χ0) is 17.6. The van der Waals surface area contributed by atoms with Gasteiger partial charge in [-0.15, -0.1) is 0 Å². The Morgan fingerprint density at radius 2 is 2.20 bits per heavy atom. The first kappa shape index (κ1) is 17.9. The monoisotopic (exact) mass is 348 g/mol. The quantitative estimate of drug-likeness (QED) is 0.857. The lowest BCUT2D eigenvalue weighted by atomic mass is 9.95. The summed E-state index contributed by atoms with van der Waals surface area (Å²) in [6.45, 7) is 3.37. The average Bonchev–Trinajstić information content (AvgIpc) is 2.66. The van der Waals surface area contributed by atoms with E-state index in [1.54, 1.807) is 6.07 Å². The van der Waals surface area contributed by atoms with Gasteiger partial charge in [0.2, 0.25) is 0 Å². The lowest BCUT2D eigenvalue weighted by Gasteiger charge is -2.33. The first-order valence-electron chi connectivity index (χ1n) is 8.82. The third-order valence-electron chi connectivity index (χ3n) is 4.91. The van der Waals surface area contributed by atoms with E-state index in [-0.39, 0.29) is 19.1 Å². The molecular weight excluding hydrogens is 323 g/mol. The van der Waals surface area contributed by atoms with Crippen LogP contribution >= 0.6 is 0 Å². The summed E-state index contributed by atoms with van der Waals surface area (Å²) in [6, 6.07) is 5.46. The van der Waals surface area contributed by atoms with Gasteiger partial charge in [0, 0.05) is 44.0 Å². The van der Waals surface area contributed by atoms with Crippen LogP contribution in [0.4, 0.5) is 4.39 Å². The highest BCUT2D eigenvalue weighted by Gasteiger charge is 2.27. The second-order valence-corrected chi connectivity index (χ2v) is 6.64. The van der Waals surface area contributed by atoms with Crippen molar-refractivity contribution in [2.45, 2.75) is 19.3 Å². The molecule has 25 heavy (non-hydrogen) atoms. The molecule has 2 aliphatic rings. The fraction of sp³-hybridized carbons (Fsp3) is 0.526. The van der Waals surface area contributed by atoms with E-state index in [9.17, 15) is 9.18 Å². The highest BCUT2D eigenvalue weighted by Crippen LogP contribution is 2.26. The summed E-state index contributed by atoms with van der Waals surface area (Å²) in [5.74, 6) is 1.26. The van der Waals surface area contributed by atoms with Crippen molar-refractivity contribution >= 4 is 5.91 Å². The van der Waals surface area contributed by atoms with Gasteiger partial charge in [0.05, 0.1) is 6.33 Å². The maximum absolute atomic E-state index is 12.7. The summed E-state index contributed by atoms with van der Waals surface area (Å²) >= 11 is 0. The van der Waals surface area contributed by atoms with Crippen molar-refractivity contribution < 1.29 is 18.7 Å². The lowest BCUT2D eigenvalue weighted by Crippen LogP contribution is -2.41.